The third-order valence-electron chi connectivity index (χ3n) is 4.44. The first-order valence-corrected chi connectivity index (χ1v) is 9.00. The van der Waals surface area contributed by atoms with E-state index in [0.717, 1.165) is 10.9 Å². The lowest BCUT2D eigenvalue weighted by Crippen LogP contribution is -2.30. The van der Waals surface area contributed by atoms with Crippen LogP contribution >= 0.6 is 0 Å². The highest BCUT2D eigenvalue weighted by atomic mass is 16.5. The Labute approximate surface area is 159 Å². The van der Waals surface area contributed by atoms with Crippen molar-refractivity contribution in [1.29, 1.82) is 0 Å². The molecule has 0 radical (unpaired) electrons. The van der Waals surface area contributed by atoms with Crippen molar-refractivity contribution in [2.24, 2.45) is 5.92 Å². The van der Waals surface area contributed by atoms with Crippen LogP contribution in [-0.4, -0.2) is 23.1 Å². The van der Waals surface area contributed by atoms with Gasteiger partial charge in [0.05, 0.1) is 13.2 Å². The van der Waals surface area contributed by atoms with Crippen LogP contribution in [0.3, 0.4) is 0 Å². The first-order valence-electron chi connectivity index (χ1n) is 9.00. The average Bonchev–Trinajstić information content (AvgIpc) is 2.66. The van der Waals surface area contributed by atoms with Crippen molar-refractivity contribution in [3.05, 3.63) is 65.9 Å². The topological polar surface area (TPSA) is 71.5 Å². The maximum atomic E-state index is 12.5. The van der Waals surface area contributed by atoms with Gasteiger partial charge in [-0.15, -0.1) is 0 Å². The molecule has 0 aliphatic heterocycles. The molecule has 5 nitrogen and oxygen atoms in total. The van der Waals surface area contributed by atoms with Crippen LogP contribution in [0.1, 0.15) is 37.4 Å². The summed E-state index contributed by atoms with van der Waals surface area (Å²) in [5.74, 6) is 0.860. The number of methoxy groups -OCH3 is 1. The summed E-state index contributed by atoms with van der Waals surface area (Å²) in [4.78, 5) is 16.8. The molecule has 1 aromatic heterocycles. The van der Waals surface area contributed by atoms with Crippen LogP contribution in [0.25, 0.3) is 10.9 Å². The van der Waals surface area contributed by atoms with Gasteiger partial charge in [-0.1, -0.05) is 50.2 Å². The highest BCUT2D eigenvalue weighted by molar-refractivity contribution is 5.86. The van der Waals surface area contributed by atoms with Gasteiger partial charge in [-0.2, -0.15) is 0 Å². The molecule has 2 N–H and O–H groups in total. The van der Waals surface area contributed by atoms with Crippen molar-refractivity contribution < 1.29 is 14.6 Å². The van der Waals surface area contributed by atoms with Gasteiger partial charge in [-0.25, -0.2) is 0 Å². The molecule has 0 aliphatic carbocycles. The van der Waals surface area contributed by atoms with Crippen molar-refractivity contribution in [1.82, 2.24) is 10.3 Å². The molecule has 1 amide bonds. The summed E-state index contributed by atoms with van der Waals surface area (Å²) in [6.07, 6.45) is 2.04. The Morgan fingerprint density at radius 2 is 1.89 bits per heavy atom. The summed E-state index contributed by atoms with van der Waals surface area (Å²) in [5.41, 5.74) is 1.87. The van der Waals surface area contributed by atoms with Crippen LogP contribution < -0.4 is 10.1 Å². The Morgan fingerprint density at radius 3 is 2.63 bits per heavy atom. The average molecular weight is 364 g/mol. The van der Waals surface area contributed by atoms with E-state index in [9.17, 15) is 9.90 Å². The molecule has 0 saturated heterocycles. The van der Waals surface area contributed by atoms with E-state index in [-0.39, 0.29) is 17.6 Å². The fourth-order valence-electron chi connectivity index (χ4n) is 3.20. The van der Waals surface area contributed by atoms with Gasteiger partial charge in [0.2, 0.25) is 5.91 Å². The summed E-state index contributed by atoms with van der Waals surface area (Å²) < 4.78 is 5.49. The number of amides is 1. The number of nitrogens with zero attached hydrogens (tertiary/aromatic N) is 1. The minimum atomic E-state index is -0.543. The summed E-state index contributed by atoms with van der Waals surface area (Å²) in [7, 11) is 1.59. The van der Waals surface area contributed by atoms with E-state index >= 15 is 0 Å². The highest BCUT2D eigenvalue weighted by Gasteiger charge is 2.24. The van der Waals surface area contributed by atoms with Gasteiger partial charge in [0.25, 0.3) is 0 Å². The van der Waals surface area contributed by atoms with Gasteiger partial charge < -0.3 is 15.2 Å². The van der Waals surface area contributed by atoms with E-state index in [1.54, 1.807) is 13.3 Å². The van der Waals surface area contributed by atoms with Gasteiger partial charge in [-0.05, 0) is 18.1 Å². The van der Waals surface area contributed by atoms with Crippen LogP contribution in [-0.2, 0) is 4.79 Å². The number of para-hydroxylation sites is 1. The minimum Gasteiger partial charge on any atom is -0.505 e. The first-order chi connectivity index (χ1) is 13.0. The van der Waals surface area contributed by atoms with Crippen molar-refractivity contribution in [2.45, 2.75) is 26.3 Å². The lowest BCUT2D eigenvalue weighted by molar-refractivity contribution is -0.122. The molecule has 0 aliphatic rings. The summed E-state index contributed by atoms with van der Waals surface area (Å²) in [5, 5.41) is 14.8. The predicted octanol–water partition coefficient (Wildman–Crippen LogP) is 4.20. The Hall–Kier alpha value is -3.08. The molecule has 0 spiro atoms. The van der Waals surface area contributed by atoms with Gasteiger partial charge in [0, 0.05) is 29.1 Å². The van der Waals surface area contributed by atoms with Gasteiger partial charge in [0.1, 0.15) is 17.0 Å². The van der Waals surface area contributed by atoms with Crippen LogP contribution in [0.5, 0.6) is 11.5 Å². The van der Waals surface area contributed by atoms with Gasteiger partial charge in [-0.3, -0.25) is 9.78 Å². The largest absolute Gasteiger partial charge is 0.505 e. The van der Waals surface area contributed by atoms with Crippen molar-refractivity contribution >= 4 is 16.8 Å². The standard InChI is InChI=1S/C22H24N2O3/c1-14(2)13-19(25)24-21(16-8-4-5-9-18(16)27-3)17-11-10-15-7-6-12-23-20(15)22(17)26/h4-12,14,21,26H,13H2,1-3H3,(H,24,25)/t21-/m1/s1. The molecule has 5 heteroatoms. The second-order valence-electron chi connectivity index (χ2n) is 6.92. The normalized spacial score (nSPS) is 12.1. The van der Waals surface area contributed by atoms with E-state index < -0.39 is 6.04 Å². The number of fused-ring (bicyclic) bond motifs is 1. The monoisotopic (exact) mass is 364 g/mol. The first kappa shape index (κ1) is 18.7. The SMILES string of the molecule is COc1ccccc1[C@@H](NC(=O)CC(C)C)c1ccc2cccnc2c1O. The number of rotatable bonds is 6. The maximum Gasteiger partial charge on any atom is 0.221 e. The molecular weight excluding hydrogens is 340 g/mol. The van der Waals surface area contributed by atoms with Crippen LogP contribution in [0.15, 0.2) is 54.7 Å². The molecule has 1 atom stereocenters. The zero-order chi connectivity index (χ0) is 19.4. The number of nitrogens with one attached hydrogen (secondary N) is 1. The Morgan fingerprint density at radius 1 is 1.11 bits per heavy atom. The van der Waals surface area contributed by atoms with Crippen molar-refractivity contribution in [3.8, 4) is 11.5 Å². The number of hydrogen-bond donors (Lipinski definition) is 2. The van der Waals surface area contributed by atoms with E-state index in [1.807, 2.05) is 62.4 Å². The van der Waals surface area contributed by atoms with Gasteiger partial charge >= 0.3 is 0 Å². The number of carbonyl (C=O) groups excluding carboxylic acids is 1. The molecule has 1 heterocycles. The summed E-state index contributed by atoms with van der Waals surface area (Å²) in [6, 6.07) is 14.4. The zero-order valence-corrected chi connectivity index (χ0v) is 15.8. The Balaban J connectivity index is 2.12. The lowest BCUT2D eigenvalue weighted by Gasteiger charge is -2.23. The van der Waals surface area contributed by atoms with Crippen molar-refractivity contribution in [2.75, 3.05) is 7.11 Å². The number of benzene rings is 2. The highest BCUT2D eigenvalue weighted by Crippen LogP contribution is 2.37. The molecule has 0 fully saturated rings. The van der Waals surface area contributed by atoms with Gasteiger partial charge in [0.15, 0.2) is 0 Å². The molecular formula is C22H24N2O3. The number of hydrogen-bond acceptors (Lipinski definition) is 4. The second kappa shape index (κ2) is 8.08. The van der Waals surface area contributed by atoms with E-state index in [2.05, 4.69) is 10.3 Å². The predicted molar refractivity (Wildman–Crippen MR) is 106 cm³/mol. The second-order valence-corrected chi connectivity index (χ2v) is 6.92. The quantitative estimate of drug-likeness (QED) is 0.688. The minimum absolute atomic E-state index is 0.0638. The third kappa shape index (κ3) is 4.03. The number of ether oxygens (including phenoxy) is 1. The van der Waals surface area contributed by atoms with E-state index in [1.165, 1.54) is 0 Å². The molecule has 0 bridgehead atoms. The molecule has 140 valence electrons. The Bertz CT molecular complexity index is 953. The van der Waals surface area contributed by atoms with E-state index in [0.29, 0.717) is 23.3 Å². The number of phenolic OH excluding ortho intramolecular Hbond substituents is 1. The molecule has 2 aromatic carbocycles. The molecule has 27 heavy (non-hydrogen) atoms. The molecule has 3 aromatic rings. The molecule has 3 rings (SSSR count). The zero-order valence-electron chi connectivity index (χ0n) is 15.8. The van der Waals surface area contributed by atoms with Crippen LogP contribution in [0, 0.1) is 5.92 Å². The third-order valence-corrected chi connectivity index (χ3v) is 4.44. The number of phenols is 1. The molecule has 0 unspecified atom stereocenters. The number of carbonyl (C=O) groups is 1. The number of aromatic hydroxyl groups is 1. The summed E-state index contributed by atoms with van der Waals surface area (Å²) >= 11 is 0. The molecule has 0 saturated carbocycles. The fraction of sp³-hybridized carbons (Fsp3) is 0.273. The fourth-order valence-corrected chi connectivity index (χ4v) is 3.20. The Kier molecular flexibility index (Phi) is 5.60. The summed E-state index contributed by atoms with van der Waals surface area (Å²) in [6.45, 7) is 3.99. The lowest BCUT2D eigenvalue weighted by atomic mass is 9.95. The smallest absolute Gasteiger partial charge is 0.221 e. The van der Waals surface area contributed by atoms with Crippen LogP contribution in [0.2, 0.25) is 0 Å². The maximum absolute atomic E-state index is 12.5. The number of aromatic nitrogens is 1. The van der Waals surface area contributed by atoms with E-state index in [4.69, 9.17) is 4.74 Å². The van der Waals surface area contributed by atoms with Crippen LogP contribution in [0.4, 0.5) is 0 Å². The van der Waals surface area contributed by atoms with Crippen molar-refractivity contribution in [3.63, 3.8) is 0 Å². The number of pyridine rings is 1.